The molecule has 11 heavy (non-hydrogen) atoms. The first-order valence-corrected chi connectivity index (χ1v) is 4.15. The number of hydrogen-bond acceptors (Lipinski definition) is 2. The molecule has 1 aromatic carbocycles. The van der Waals surface area contributed by atoms with Gasteiger partial charge in [-0.1, -0.05) is 18.2 Å². The summed E-state index contributed by atoms with van der Waals surface area (Å²) in [6.45, 7) is 2.12. The van der Waals surface area contributed by atoms with Gasteiger partial charge >= 0.3 is 0 Å². The molecule has 1 N–H and O–H groups in total. The van der Waals surface area contributed by atoms with E-state index < -0.39 is 0 Å². The van der Waals surface area contributed by atoms with Gasteiger partial charge in [0.15, 0.2) is 0 Å². The molecule has 0 aliphatic carbocycles. The molecule has 0 amide bonds. The van der Waals surface area contributed by atoms with Crippen molar-refractivity contribution >= 4 is 12.6 Å². The van der Waals surface area contributed by atoms with Crippen LogP contribution in [0.5, 0.6) is 0 Å². The standard InChI is InChI=1S/C9H13NS/c1-7(10-2)8-5-3-4-6-9(8)11/h3-7,10-11H,1-2H3/t7-/m0/s1. The number of thiol groups is 1. The third kappa shape index (κ3) is 1.98. The van der Waals surface area contributed by atoms with Crippen LogP contribution in [0.2, 0.25) is 0 Å². The molecule has 0 bridgehead atoms. The second kappa shape index (κ2) is 3.79. The third-order valence-electron chi connectivity index (χ3n) is 1.84. The highest BCUT2D eigenvalue weighted by Crippen LogP contribution is 2.19. The Labute approximate surface area is 73.2 Å². The first-order valence-electron chi connectivity index (χ1n) is 3.71. The Hall–Kier alpha value is -0.470. The van der Waals surface area contributed by atoms with Crippen LogP contribution in [0.15, 0.2) is 29.2 Å². The predicted octanol–water partition coefficient (Wildman–Crippen LogP) is 2.26. The van der Waals surface area contributed by atoms with Crippen molar-refractivity contribution in [3.63, 3.8) is 0 Å². The molecule has 0 saturated heterocycles. The molecule has 0 spiro atoms. The van der Waals surface area contributed by atoms with Crippen molar-refractivity contribution in [1.29, 1.82) is 0 Å². The van der Waals surface area contributed by atoms with Crippen LogP contribution in [0.1, 0.15) is 18.5 Å². The Morgan fingerprint density at radius 1 is 1.36 bits per heavy atom. The molecule has 0 aliphatic rings. The van der Waals surface area contributed by atoms with Crippen LogP contribution in [0.4, 0.5) is 0 Å². The lowest BCUT2D eigenvalue weighted by Crippen LogP contribution is -2.12. The molecular formula is C9H13NS. The zero-order chi connectivity index (χ0) is 8.27. The third-order valence-corrected chi connectivity index (χ3v) is 2.24. The first-order chi connectivity index (χ1) is 5.25. The van der Waals surface area contributed by atoms with Gasteiger partial charge in [0.25, 0.3) is 0 Å². The molecule has 1 atom stereocenters. The van der Waals surface area contributed by atoms with Gasteiger partial charge in [0.05, 0.1) is 0 Å². The molecular weight excluding hydrogens is 154 g/mol. The maximum atomic E-state index is 4.35. The maximum absolute atomic E-state index is 4.35. The number of nitrogens with one attached hydrogen (secondary N) is 1. The largest absolute Gasteiger partial charge is 0.313 e. The number of benzene rings is 1. The van der Waals surface area contributed by atoms with E-state index >= 15 is 0 Å². The van der Waals surface area contributed by atoms with Gasteiger partial charge in [0.2, 0.25) is 0 Å². The van der Waals surface area contributed by atoms with Crippen LogP contribution in [0.25, 0.3) is 0 Å². The smallest absolute Gasteiger partial charge is 0.0300 e. The van der Waals surface area contributed by atoms with Gasteiger partial charge in [0.1, 0.15) is 0 Å². The minimum atomic E-state index is 0.378. The van der Waals surface area contributed by atoms with E-state index in [1.807, 2.05) is 25.2 Å². The van der Waals surface area contributed by atoms with E-state index in [0.717, 1.165) is 4.90 Å². The molecule has 0 aromatic heterocycles. The lowest BCUT2D eigenvalue weighted by molar-refractivity contribution is 0.642. The highest BCUT2D eigenvalue weighted by molar-refractivity contribution is 7.80. The van der Waals surface area contributed by atoms with Crippen LogP contribution in [-0.2, 0) is 0 Å². The van der Waals surface area contributed by atoms with Gasteiger partial charge in [-0.15, -0.1) is 12.6 Å². The fourth-order valence-electron chi connectivity index (χ4n) is 1.01. The normalized spacial score (nSPS) is 13.0. The summed E-state index contributed by atoms with van der Waals surface area (Å²) in [4.78, 5) is 1.05. The summed E-state index contributed by atoms with van der Waals surface area (Å²) in [5, 5.41) is 3.17. The van der Waals surface area contributed by atoms with Crippen LogP contribution in [0, 0.1) is 0 Å². The zero-order valence-electron chi connectivity index (χ0n) is 6.83. The highest BCUT2D eigenvalue weighted by atomic mass is 32.1. The van der Waals surface area contributed by atoms with Crippen LogP contribution in [0.3, 0.4) is 0 Å². The molecule has 2 heteroatoms. The Kier molecular flexibility index (Phi) is 2.97. The Morgan fingerprint density at radius 3 is 2.55 bits per heavy atom. The fraction of sp³-hybridized carbons (Fsp3) is 0.333. The molecule has 0 unspecified atom stereocenters. The summed E-state index contributed by atoms with van der Waals surface area (Å²) in [7, 11) is 1.95. The predicted molar refractivity (Wildman–Crippen MR) is 51.2 cm³/mol. The van der Waals surface area contributed by atoms with Crippen molar-refractivity contribution in [2.75, 3.05) is 7.05 Å². The van der Waals surface area contributed by atoms with Gasteiger partial charge in [-0.05, 0) is 25.6 Å². The average Bonchev–Trinajstić information content (AvgIpc) is 2.04. The quantitative estimate of drug-likeness (QED) is 0.644. The Bertz CT molecular complexity index is 235. The molecule has 0 saturated carbocycles. The van der Waals surface area contributed by atoms with Crippen molar-refractivity contribution in [1.82, 2.24) is 5.32 Å². The summed E-state index contributed by atoms with van der Waals surface area (Å²) < 4.78 is 0. The minimum absolute atomic E-state index is 0.378. The summed E-state index contributed by atoms with van der Waals surface area (Å²) in [5.74, 6) is 0. The van der Waals surface area contributed by atoms with Crippen LogP contribution < -0.4 is 5.32 Å². The Balaban J connectivity index is 2.93. The summed E-state index contributed by atoms with van der Waals surface area (Å²) in [6, 6.07) is 8.50. The van der Waals surface area contributed by atoms with Crippen LogP contribution >= 0.6 is 12.6 Å². The lowest BCUT2D eigenvalue weighted by Gasteiger charge is -2.11. The summed E-state index contributed by atoms with van der Waals surface area (Å²) >= 11 is 4.35. The van der Waals surface area contributed by atoms with Crippen molar-refractivity contribution in [3.8, 4) is 0 Å². The fourth-order valence-corrected chi connectivity index (χ4v) is 1.36. The van der Waals surface area contributed by atoms with Gasteiger partial charge in [0, 0.05) is 10.9 Å². The van der Waals surface area contributed by atoms with Gasteiger partial charge < -0.3 is 5.32 Å². The van der Waals surface area contributed by atoms with E-state index in [-0.39, 0.29) is 0 Å². The zero-order valence-corrected chi connectivity index (χ0v) is 7.73. The van der Waals surface area contributed by atoms with E-state index in [4.69, 9.17) is 0 Å². The molecule has 60 valence electrons. The van der Waals surface area contributed by atoms with Crippen molar-refractivity contribution < 1.29 is 0 Å². The van der Waals surface area contributed by atoms with Crippen LogP contribution in [-0.4, -0.2) is 7.05 Å². The molecule has 1 aromatic rings. The SMILES string of the molecule is CN[C@@H](C)c1ccccc1S. The highest BCUT2D eigenvalue weighted by Gasteiger charge is 2.03. The minimum Gasteiger partial charge on any atom is -0.313 e. The summed E-state index contributed by atoms with van der Waals surface area (Å²) in [6.07, 6.45) is 0. The Morgan fingerprint density at radius 2 is 2.00 bits per heavy atom. The van der Waals surface area contributed by atoms with E-state index in [1.165, 1.54) is 5.56 Å². The first kappa shape index (κ1) is 8.62. The second-order valence-electron chi connectivity index (χ2n) is 2.57. The molecule has 1 rings (SSSR count). The monoisotopic (exact) mass is 167 g/mol. The van der Waals surface area contributed by atoms with Crippen molar-refractivity contribution in [2.24, 2.45) is 0 Å². The number of hydrogen-bond donors (Lipinski definition) is 2. The lowest BCUT2D eigenvalue weighted by atomic mass is 10.1. The van der Waals surface area contributed by atoms with Crippen molar-refractivity contribution in [3.05, 3.63) is 29.8 Å². The number of rotatable bonds is 2. The van der Waals surface area contributed by atoms with Crippen molar-refractivity contribution in [2.45, 2.75) is 17.9 Å². The molecule has 0 radical (unpaired) electrons. The topological polar surface area (TPSA) is 12.0 Å². The van der Waals surface area contributed by atoms with E-state index in [1.54, 1.807) is 0 Å². The maximum Gasteiger partial charge on any atom is 0.0300 e. The van der Waals surface area contributed by atoms with E-state index in [2.05, 4.69) is 30.9 Å². The molecule has 0 heterocycles. The van der Waals surface area contributed by atoms with Gasteiger partial charge in [-0.25, -0.2) is 0 Å². The van der Waals surface area contributed by atoms with Gasteiger partial charge in [-0.3, -0.25) is 0 Å². The average molecular weight is 167 g/mol. The van der Waals surface area contributed by atoms with E-state index in [0.29, 0.717) is 6.04 Å². The molecule has 0 fully saturated rings. The van der Waals surface area contributed by atoms with Gasteiger partial charge in [-0.2, -0.15) is 0 Å². The van der Waals surface area contributed by atoms with E-state index in [9.17, 15) is 0 Å². The second-order valence-corrected chi connectivity index (χ2v) is 3.05. The molecule has 0 aliphatic heterocycles. The summed E-state index contributed by atoms with van der Waals surface area (Å²) in [5.41, 5.74) is 1.25. The molecule has 1 nitrogen and oxygen atoms in total.